The molecule has 3 aliphatic rings. The first kappa shape index (κ1) is 10.4. The van der Waals surface area contributed by atoms with Gasteiger partial charge in [-0.3, -0.25) is 4.79 Å². The number of carbonyl (C=O) groups is 1. The Morgan fingerprint density at radius 3 is 2.72 bits per heavy atom. The van der Waals surface area contributed by atoms with E-state index in [4.69, 9.17) is 9.47 Å². The lowest BCUT2D eigenvalue weighted by Crippen LogP contribution is -3.16. The number of quaternary nitrogens is 1. The third-order valence-corrected chi connectivity index (χ3v) is 4.36. The van der Waals surface area contributed by atoms with Crippen molar-refractivity contribution >= 4 is 5.78 Å². The molecule has 0 aliphatic carbocycles. The van der Waals surface area contributed by atoms with Crippen LogP contribution in [0, 0.1) is 0 Å². The maximum absolute atomic E-state index is 11.6. The van der Waals surface area contributed by atoms with Crippen LogP contribution in [0.25, 0.3) is 0 Å². The molecule has 4 rings (SSSR count). The van der Waals surface area contributed by atoms with E-state index in [-0.39, 0.29) is 0 Å². The fraction of sp³-hybridized carbons (Fsp3) is 0.500. The van der Waals surface area contributed by atoms with Crippen molar-refractivity contribution in [2.45, 2.75) is 31.8 Å². The van der Waals surface area contributed by atoms with Crippen LogP contribution in [0.15, 0.2) is 12.1 Å². The van der Waals surface area contributed by atoms with Gasteiger partial charge in [-0.25, -0.2) is 0 Å². The SMILES string of the molecule is O=C1CC[NH+]2Cc3cc4c(cc3C[C@@H]2C1)OCO4. The van der Waals surface area contributed by atoms with Gasteiger partial charge in [-0.2, -0.15) is 0 Å². The van der Waals surface area contributed by atoms with Gasteiger partial charge in [0.15, 0.2) is 11.5 Å². The van der Waals surface area contributed by atoms with E-state index in [1.54, 1.807) is 4.90 Å². The van der Waals surface area contributed by atoms with Crippen molar-refractivity contribution in [3.8, 4) is 11.5 Å². The van der Waals surface area contributed by atoms with E-state index in [2.05, 4.69) is 12.1 Å². The van der Waals surface area contributed by atoms with Crippen LogP contribution >= 0.6 is 0 Å². The molecule has 0 aromatic heterocycles. The first-order valence-corrected chi connectivity index (χ1v) is 6.57. The highest BCUT2D eigenvalue weighted by molar-refractivity contribution is 5.79. The standard InChI is InChI=1S/C14H15NO3/c16-12-1-2-15-7-10-5-14-13(17-8-18-14)4-9(10)3-11(15)6-12/h4-5,11H,1-3,6-8H2/p+1/t11-/m1/s1. The Morgan fingerprint density at radius 2 is 1.89 bits per heavy atom. The van der Waals surface area contributed by atoms with Gasteiger partial charge in [0.2, 0.25) is 6.79 Å². The fourth-order valence-electron chi connectivity index (χ4n) is 3.37. The van der Waals surface area contributed by atoms with E-state index < -0.39 is 0 Å². The predicted molar refractivity (Wildman–Crippen MR) is 63.8 cm³/mol. The number of ether oxygens (including phenoxy) is 2. The van der Waals surface area contributed by atoms with Gasteiger partial charge in [0.1, 0.15) is 12.3 Å². The second-order valence-corrected chi connectivity index (χ2v) is 5.45. The lowest BCUT2D eigenvalue weighted by molar-refractivity contribution is -0.942. The van der Waals surface area contributed by atoms with Gasteiger partial charge in [-0.05, 0) is 17.7 Å². The monoisotopic (exact) mass is 246 g/mol. The van der Waals surface area contributed by atoms with E-state index in [1.165, 1.54) is 11.1 Å². The first-order chi connectivity index (χ1) is 8.79. The van der Waals surface area contributed by atoms with E-state index in [9.17, 15) is 4.79 Å². The minimum absolute atomic E-state index is 0.330. The average molecular weight is 246 g/mol. The first-order valence-electron chi connectivity index (χ1n) is 6.57. The Balaban J connectivity index is 1.70. The molecule has 4 heteroatoms. The zero-order valence-corrected chi connectivity index (χ0v) is 10.2. The average Bonchev–Trinajstić information content (AvgIpc) is 2.80. The van der Waals surface area contributed by atoms with Gasteiger partial charge in [-0.1, -0.05) is 0 Å². The fourth-order valence-corrected chi connectivity index (χ4v) is 3.37. The normalized spacial score (nSPS) is 28.8. The van der Waals surface area contributed by atoms with Crippen LogP contribution in [-0.4, -0.2) is 25.2 Å². The summed E-state index contributed by atoms with van der Waals surface area (Å²) < 4.78 is 10.9. The predicted octanol–water partition coefficient (Wildman–Crippen LogP) is 0.0878. The van der Waals surface area contributed by atoms with E-state index >= 15 is 0 Å². The molecule has 0 bridgehead atoms. The smallest absolute Gasteiger partial charge is 0.231 e. The molecule has 3 heterocycles. The number of nitrogens with one attached hydrogen (secondary N) is 1. The van der Waals surface area contributed by atoms with Crippen LogP contribution < -0.4 is 14.4 Å². The van der Waals surface area contributed by atoms with Gasteiger partial charge in [0.05, 0.1) is 25.4 Å². The topological polar surface area (TPSA) is 40.0 Å². The summed E-state index contributed by atoms with van der Waals surface area (Å²) in [4.78, 5) is 13.1. The molecule has 1 aromatic carbocycles. The largest absolute Gasteiger partial charge is 0.454 e. The van der Waals surface area contributed by atoms with Crippen LogP contribution in [-0.2, 0) is 17.8 Å². The third kappa shape index (κ3) is 1.52. The molecule has 18 heavy (non-hydrogen) atoms. The summed E-state index contributed by atoms with van der Waals surface area (Å²) >= 11 is 0. The zero-order valence-electron chi connectivity index (χ0n) is 10.2. The molecular formula is C14H16NO3+. The highest BCUT2D eigenvalue weighted by Crippen LogP contribution is 2.36. The van der Waals surface area contributed by atoms with Gasteiger partial charge in [0, 0.05) is 12.0 Å². The number of fused-ring (bicyclic) bond motifs is 3. The molecule has 0 spiro atoms. The molecule has 0 radical (unpaired) electrons. The van der Waals surface area contributed by atoms with Crippen molar-refractivity contribution in [1.29, 1.82) is 0 Å². The number of ketones is 1. The summed E-state index contributed by atoms with van der Waals surface area (Å²) in [6.07, 6.45) is 2.47. The summed E-state index contributed by atoms with van der Waals surface area (Å²) in [6, 6.07) is 4.70. The summed E-state index contributed by atoms with van der Waals surface area (Å²) in [5, 5.41) is 0. The van der Waals surface area contributed by atoms with Crippen molar-refractivity contribution in [2.24, 2.45) is 0 Å². The molecule has 0 saturated carbocycles. The van der Waals surface area contributed by atoms with E-state index in [1.807, 2.05) is 0 Å². The number of benzene rings is 1. The summed E-state index contributed by atoms with van der Waals surface area (Å²) in [5.74, 6) is 2.16. The minimum Gasteiger partial charge on any atom is -0.454 e. The lowest BCUT2D eigenvalue weighted by atomic mass is 9.88. The zero-order chi connectivity index (χ0) is 12.1. The summed E-state index contributed by atoms with van der Waals surface area (Å²) in [6.45, 7) is 2.33. The lowest BCUT2D eigenvalue weighted by Gasteiger charge is -2.36. The van der Waals surface area contributed by atoms with Gasteiger partial charge in [0.25, 0.3) is 0 Å². The Kier molecular flexibility index (Phi) is 2.14. The third-order valence-electron chi connectivity index (χ3n) is 4.36. The number of hydrogen-bond donors (Lipinski definition) is 1. The van der Waals surface area contributed by atoms with Gasteiger partial charge >= 0.3 is 0 Å². The van der Waals surface area contributed by atoms with Crippen LogP contribution in [0.2, 0.25) is 0 Å². The molecule has 3 aliphatic heterocycles. The molecule has 2 atom stereocenters. The highest BCUT2D eigenvalue weighted by Gasteiger charge is 2.36. The Bertz CT molecular complexity index is 526. The Morgan fingerprint density at radius 1 is 1.11 bits per heavy atom. The second-order valence-electron chi connectivity index (χ2n) is 5.45. The van der Waals surface area contributed by atoms with Crippen LogP contribution in [0.1, 0.15) is 24.0 Å². The maximum Gasteiger partial charge on any atom is 0.231 e. The summed E-state index contributed by atoms with van der Waals surface area (Å²) in [7, 11) is 0. The second kappa shape index (κ2) is 3.72. The number of hydrogen-bond acceptors (Lipinski definition) is 3. The van der Waals surface area contributed by atoms with Crippen molar-refractivity contribution < 1.29 is 19.2 Å². The number of rotatable bonds is 0. The molecule has 1 fully saturated rings. The van der Waals surface area contributed by atoms with Crippen molar-refractivity contribution in [3.05, 3.63) is 23.3 Å². The van der Waals surface area contributed by atoms with Crippen molar-refractivity contribution in [1.82, 2.24) is 0 Å². The molecule has 1 N–H and O–H groups in total. The van der Waals surface area contributed by atoms with Crippen LogP contribution in [0.4, 0.5) is 0 Å². The molecule has 0 amide bonds. The highest BCUT2D eigenvalue weighted by atomic mass is 16.7. The molecule has 4 nitrogen and oxygen atoms in total. The Labute approximate surface area is 105 Å². The quantitative estimate of drug-likeness (QED) is 0.705. The number of piperidine rings is 1. The number of carbonyl (C=O) groups excluding carboxylic acids is 1. The van der Waals surface area contributed by atoms with Gasteiger partial charge < -0.3 is 14.4 Å². The Hall–Kier alpha value is -1.55. The van der Waals surface area contributed by atoms with Crippen molar-refractivity contribution in [3.63, 3.8) is 0 Å². The maximum atomic E-state index is 11.6. The van der Waals surface area contributed by atoms with E-state index in [0.29, 0.717) is 18.6 Å². The van der Waals surface area contributed by atoms with Crippen LogP contribution in [0.3, 0.4) is 0 Å². The van der Waals surface area contributed by atoms with Crippen LogP contribution in [0.5, 0.6) is 11.5 Å². The van der Waals surface area contributed by atoms with Gasteiger partial charge in [-0.15, -0.1) is 0 Å². The molecule has 1 unspecified atom stereocenters. The number of Topliss-reactive ketones (excluding diaryl/α,β-unsaturated/α-hetero) is 1. The molecule has 94 valence electrons. The molecule has 1 saturated heterocycles. The van der Waals surface area contributed by atoms with Crippen molar-refractivity contribution in [2.75, 3.05) is 13.3 Å². The molecular weight excluding hydrogens is 230 g/mol. The summed E-state index contributed by atoms with van der Waals surface area (Å²) in [5.41, 5.74) is 2.70. The molecule has 1 aromatic rings. The minimum atomic E-state index is 0.330. The van der Waals surface area contributed by atoms with E-state index in [0.717, 1.165) is 43.9 Å².